The van der Waals surface area contributed by atoms with Gasteiger partial charge in [-0.25, -0.2) is 0 Å². The van der Waals surface area contributed by atoms with Gasteiger partial charge in [0.2, 0.25) is 0 Å². The Morgan fingerprint density at radius 3 is 2.91 bits per heavy atom. The molecule has 22 heavy (non-hydrogen) atoms. The molecule has 3 atom stereocenters. The second-order valence-corrected chi connectivity index (χ2v) is 6.31. The fourth-order valence-corrected chi connectivity index (χ4v) is 3.17. The van der Waals surface area contributed by atoms with Crippen LogP contribution in [0.5, 0.6) is 5.75 Å². The molecule has 1 saturated heterocycles. The third-order valence-corrected chi connectivity index (χ3v) is 4.31. The summed E-state index contributed by atoms with van der Waals surface area (Å²) in [6.45, 7) is 0.0141. The lowest BCUT2D eigenvalue weighted by Crippen LogP contribution is -2.34. The minimum absolute atomic E-state index is 0.0191. The first-order valence-electron chi connectivity index (χ1n) is 6.49. The molecule has 0 saturated carbocycles. The van der Waals surface area contributed by atoms with Gasteiger partial charge in [0.25, 0.3) is 0 Å². The third-order valence-electron chi connectivity index (χ3n) is 3.40. The number of anilines is 1. The predicted molar refractivity (Wildman–Crippen MR) is 77.0 cm³/mol. The normalized spacial score (nSPS) is 29.4. The lowest BCUT2D eigenvalue weighted by molar-refractivity contribution is -0.000111. The molecule has 0 unspecified atom stereocenters. The number of amidine groups is 1. The summed E-state index contributed by atoms with van der Waals surface area (Å²) in [7, 11) is -3.85. The molecule has 10 heteroatoms. The second kappa shape index (κ2) is 5.39. The Morgan fingerprint density at radius 1 is 1.45 bits per heavy atom. The Balaban J connectivity index is 1.82. The van der Waals surface area contributed by atoms with Crippen molar-refractivity contribution in [3.63, 3.8) is 0 Å². The van der Waals surface area contributed by atoms with E-state index in [1.54, 1.807) is 12.1 Å². The maximum absolute atomic E-state index is 11.5. The number of fused-ring (bicyclic) bond motifs is 1. The van der Waals surface area contributed by atoms with Gasteiger partial charge in [0.15, 0.2) is 5.84 Å². The first-order valence-corrected chi connectivity index (χ1v) is 7.93. The van der Waals surface area contributed by atoms with E-state index in [2.05, 4.69) is 9.12 Å². The number of hydrogen-bond acceptors (Lipinski definition) is 7. The zero-order valence-corrected chi connectivity index (χ0v) is 12.2. The van der Waals surface area contributed by atoms with Crippen LogP contribution in [0.1, 0.15) is 5.56 Å². The molecule has 0 spiro atoms. The van der Waals surface area contributed by atoms with Crippen LogP contribution >= 0.6 is 0 Å². The number of nitrogens with zero attached hydrogens (tertiary/aromatic N) is 1. The van der Waals surface area contributed by atoms with Crippen molar-refractivity contribution in [2.45, 2.75) is 18.3 Å². The first kappa shape index (κ1) is 15.0. The molecule has 1 aromatic carbocycles. The molecule has 9 nitrogen and oxygen atoms in total. The van der Waals surface area contributed by atoms with Crippen molar-refractivity contribution in [2.24, 2.45) is 10.1 Å². The Labute approximate surface area is 126 Å². The van der Waals surface area contributed by atoms with E-state index in [-0.39, 0.29) is 24.7 Å². The van der Waals surface area contributed by atoms with Gasteiger partial charge in [0.05, 0.1) is 17.9 Å². The average Bonchev–Trinajstić information content (AvgIpc) is 2.74. The molecule has 2 heterocycles. The highest BCUT2D eigenvalue weighted by molar-refractivity contribution is 7.91. The highest BCUT2D eigenvalue weighted by atomic mass is 32.2. The highest BCUT2D eigenvalue weighted by Gasteiger charge is 2.35. The zero-order valence-electron chi connectivity index (χ0n) is 11.3. The van der Waals surface area contributed by atoms with E-state index in [0.29, 0.717) is 11.3 Å². The van der Waals surface area contributed by atoms with Gasteiger partial charge in [0, 0.05) is 0 Å². The molecule has 0 bridgehead atoms. The van der Waals surface area contributed by atoms with Crippen LogP contribution in [0.4, 0.5) is 5.69 Å². The van der Waals surface area contributed by atoms with Gasteiger partial charge in [-0.15, -0.1) is 4.40 Å². The minimum atomic E-state index is -3.85. The van der Waals surface area contributed by atoms with Crippen LogP contribution in [-0.2, 0) is 14.9 Å². The molecule has 120 valence electrons. The fourth-order valence-electron chi connectivity index (χ4n) is 2.32. The Bertz CT molecular complexity index is 720. The number of aliphatic hydroxyl groups excluding tert-OH is 2. The summed E-state index contributed by atoms with van der Waals surface area (Å²) in [6, 6.07) is 4.72. The molecular weight excluding hydrogens is 314 g/mol. The van der Waals surface area contributed by atoms with Gasteiger partial charge in [-0.2, -0.15) is 8.42 Å². The molecule has 0 radical (unpaired) electrons. The largest absolute Gasteiger partial charge is 0.490 e. The summed E-state index contributed by atoms with van der Waals surface area (Å²) in [4.78, 5) is 0. The number of nitrogens with two attached hydrogens (primary N) is 1. The molecule has 0 aromatic heterocycles. The third kappa shape index (κ3) is 2.73. The number of nitrogens with one attached hydrogen (secondary N) is 1. The Hall–Kier alpha value is -1.88. The molecule has 0 amide bonds. The lowest BCUT2D eigenvalue weighted by Gasteiger charge is -2.21. The number of ether oxygens (including phenoxy) is 2. The van der Waals surface area contributed by atoms with Gasteiger partial charge in [-0.3, -0.25) is 4.72 Å². The van der Waals surface area contributed by atoms with Crippen LogP contribution in [-0.4, -0.2) is 56.0 Å². The molecule has 1 fully saturated rings. The van der Waals surface area contributed by atoms with Crippen molar-refractivity contribution in [3.8, 4) is 5.75 Å². The van der Waals surface area contributed by atoms with Gasteiger partial charge in [-0.1, -0.05) is 6.07 Å². The van der Waals surface area contributed by atoms with Gasteiger partial charge in [0.1, 0.15) is 30.7 Å². The van der Waals surface area contributed by atoms with Crippen LogP contribution in [0.2, 0.25) is 0 Å². The first-order chi connectivity index (χ1) is 10.4. The van der Waals surface area contributed by atoms with Crippen molar-refractivity contribution < 1.29 is 28.1 Å². The maximum atomic E-state index is 11.5. The monoisotopic (exact) mass is 329 g/mol. The van der Waals surface area contributed by atoms with E-state index < -0.39 is 28.5 Å². The highest BCUT2D eigenvalue weighted by Crippen LogP contribution is 2.30. The van der Waals surface area contributed by atoms with Gasteiger partial charge < -0.3 is 25.4 Å². The van der Waals surface area contributed by atoms with E-state index in [4.69, 9.17) is 15.2 Å². The maximum Gasteiger partial charge on any atom is 0.344 e. The fraction of sp³-hybridized carbons (Fsp3) is 0.417. The van der Waals surface area contributed by atoms with Crippen molar-refractivity contribution in [2.75, 3.05) is 17.9 Å². The topological polar surface area (TPSA) is 143 Å². The van der Waals surface area contributed by atoms with E-state index in [1.807, 2.05) is 0 Å². The smallest absolute Gasteiger partial charge is 0.344 e. The SMILES string of the molecule is NC1=NS(=O)(=O)Nc2cccc(OC[C@H]3OC[C@H](O)[C@@H]3O)c21. The molecule has 1 aromatic rings. The van der Waals surface area contributed by atoms with Crippen LogP contribution in [0.25, 0.3) is 0 Å². The van der Waals surface area contributed by atoms with E-state index >= 15 is 0 Å². The summed E-state index contributed by atoms with van der Waals surface area (Å²) in [5, 5.41) is 19.1. The number of aliphatic hydroxyl groups is 2. The van der Waals surface area contributed by atoms with Crippen molar-refractivity contribution in [3.05, 3.63) is 23.8 Å². The van der Waals surface area contributed by atoms with Crippen LogP contribution in [0.15, 0.2) is 22.6 Å². The van der Waals surface area contributed by atoms with Gasteiger partial charge >= 0.3 is 10.2 Å². The Morgan fingerprint density at radius 2 is 2.23 bits per heavy atom. The predicted octanol–water partition coefficient (Wildman–Crippen LogP) is -1.44. The average molecular weight is 329 g/mol. The number of benzene rings is 1. The van der Waals surface area contributed by atoms with Crippen LogP contribution in [0, 0.1) is 0 Å². The standard InChI is InChI=1S/C12H15N3O6S/c13-12-10-6(14-22(18,19)15-12)2-1-3-8(10)21-5-9-11(17)7(16)4-20-9/h1-3,7,9,11,14,16-17H,4-5H2,(H2,13,15)/t7-,9+,11-/m0/s1. The lowest BCUT2D eigenvalue weighted by atomic mass is 10.1. The zero-order chi connectivity index (χ0) is 15.9. The molecule has 5 N–H and O–H groups in total. The Kier molecular flexibility index (Phi) is 3.68. The molecular formula is C12H15N3O6S. The number of rotatable bonds is 3. The quantitative estimate of drug-likeness (QED) is 0.532. The molecule has 2 aliphatic rings. The molecule has 3 rings (SSSR count). The van der Waals surface area contributed by atoms with Crippen molar-refractivity contribution >= 4 is 21.7 Å². The summed E-state index contributed by atoms with van der Waals surface area (Å²) >= 11 is 0. The minimum Gasteiger partial charge on any atom is -0.490 e. The summed E-state index contributed by atoms with van der Waals surface area (Å²) in [5.41, 5.74) is 6.27. The van der Waals surface area contributed by atoms with Crippen LogP contribution < -0.4 is 15.2 Å². The molecule has 0 aliphatic carbocycles. The summed E-state index contributed by atoms with van der Waals surface area (Å²) in [6.07, 6.45) is -2.66. The summed E-state index contributed by atoms with van der Waals surface area (Å²) < 4.78 is 39.4. The molecule has 2 aliphatic heterocycles. The number of hydrogen-bond donors (Lipinski definition) is 4. The van der Waals surface area contributed by atoms with Crippen molar-refractivity contribution in [1.29, 1.82) is 0 Å². The van der Waals surface area contributed by atoms with E-state index in [1.165, 1.54) is 6.07 Å². The van der Waals surface area contributed by atoms with Gasteiger partial charge in [-0.05, 0) is 12.1 Å². The second-order valence-electron chi connectivity index (χ2n) is 4.97. The van der Waals surface area contributed by atoms with Crippen molar-refractivity contribution in [1.82, 2.24) is 0 Å². The van der Waals surface area contributed by atoms with E-state index in [9.17, 15) is 18.6 Å². The van der Waals surface area contributed by atoms with Crippen LogP contribution in [0.3, 0.4) is 0 Å². The summed E-state index contributed by atoms with van der Waals surface area (Å²) in [5.74, 6) is 0.121. The van der Waals surface area contributed by atoms with E-state index in [0.717, 1.165) is 0 Å².